The predicted octanol–water partition coefficient (Wildman–Crippen LogP) is 2.92. The van der Waals surface area contributed by atoms with Crippen molar-refractivity contribution in [1.82, 2.24) is 4.90 Å². The van der Waals surface area contributed by atoms with Crippen LogP contribution in [0.15, 0.2) is 24.3 Å². The maximum absolute atomic E-state index is 12.7. The molecular weight excluding hydrogens is 290 g/mol. The molecule has 122 valence electrons. The molecule has 0 N–H and O–H groups in total. The van der Waals surface area contributed by atoms with Gasteiger partial charge in [-0.15, -0.1) is 0 Å². The van der Waals surface area contributed by atoms with Gasteiger partial charge in [0.1, 0.15) is 12.0 Å². The Morgan fingerprint density at radius 2 is 1.70 bits per heavy atom. The van der Waals surface area contributed by atoms with E-state index in [0.717, 1.165) is 24.7 Å². The normalized spacial score (nSPS) is 31.7. The molecule has 2 aliphatic carbocycles. The average molecular weight is 313 g/mol. The summed E-state index contributed by atoms with van der Waals surface area (Å²) in [6.07, 6.45) is 7.18. The number of amides is 1. The molecule has 4 fully saturated rings. The van der Waals surface area contributed by atoms with Crippen molar-refractivity contribution in [3.05, 3.63) is 29.8 Å². The van der Waals surface area contributed by atoms with Crippen LogP contribution in [-0.2, 0) is 4.79 Å². The minimum Gasteiger partial charge on any atom is -0.484 e. The first-order valence-corrected chi connectivity index (χ1v) is 8.68. The number of hydrogen-bond donors (Lipinski definition) is 0. The van der Waals surface area contributed by atoms with Gasteiger partial charge in [-0.1, -0.05) is 0 Å². The number of ether oxygens (including phenoxy) is 1. The summed E-state index contributed by atoms with van der Waals surface area (Å²) in [5.41, 5.74) is 0.615. The molecular formula is C19H23NO3. The van der Waals surface area contributed by atoms with Crippen molar-refractivity contribution in [3.8, 4) is 5.75 Å². The molecule has 2 saturated heterocycles. The van der Waals surface area contributed by atoms with E-state index < -0.39 is 0 Å². The quantitative estimate of drug-likeness (QED) is 0.803. The van der Waals surface area contributed by atoms with Crippen LogP contribution in [-0.4, -0.2) is 36.3 Å². The summed E-state index contributed by atoms with van der Waals surface area (Å²) in [6.45, 7) is 1.02. The maximum atomic E-state index is 12.7. The zero-order chi connectivity index (χ0) is 15.8. The minimum atomic E-state index is 0.0962. The second kappa shape index (κ2) is 5.99. The fourth-order valence-electron chi connectivity index (χ4n) is 4.96. The molecule has 2 atom stereocenters. The van der Waals surface area contributed by atoms with E-state index in [1.165, 1.54) is 32.1 Å². The first-order chi connectivity index (χ1) is 11.2. The van der Waals surface area contributed by atoms with Gasteiger partial charge in [0.15, 0.2) is 6.61 Å². The van der Waals surface area contributed by atoms with E-state index in [2.05, 4.69) is 4.90 Å². The molecule has 4 heteroatoms. The fraction of sp³-hybridized carbons (Fsp3) is 0.579. The van der Waals surface area contributed by atoms with E-state index in [-0.39, 0.29) is 12.5 Å². The second-order valence-electron chi connectivity index (χ2n) is 7.45. The van der Waals surface area contributed by atoms with Crippen molar-refractivity contribution in [2.45, 2.75) is 38.1 Å². The molecule has 1 amide bonds. The topological polar surface area (TPSA) is 46.6 Å². The van der Waals surface area contributed by atoms with Gasteiger partial charge in [0.2, 0.25) is 0 Å². The first kappa shape index (κ1) is 14.7. The molecule has 4 aliphatic rings. The molecule has 1 aromatic rings. The van der Waals surface area contributed by atoms with Crippen LogP contribution in [0.25, 0.3) is 0 Å². The largest absolute Gasteiger partial charge is 0.484 e. The number of nitrogens with zero attached hydrogens (tertiary/aromatic N) is 1. The lowest BCUT2D eigenvalue weighted by molar-refractivity contribution is -0.136. The van der Waals surface area contributed by atoms with Crippen molar-refractivity contribution in [1.29, 1.82) is 0 Å². The van der Waals surface area contributed by atoms with Crippen LogP contribution in [0.4, 0.5) is 0 Å². The number of carbonyl (C=O) groups is 2. The summed E-state index contributed by atoms with van der Waals surface area (Å²) < 4.78 is 5.64. The highest BCUT2D eigenvalue weighted by molar-refractivity contribution is 5.78. The zero-order valence-corrected chi connectivity index (χ0v) is 13.3. The summed E-state index contributed by atoms with van der Waals surface area (Å²) in [5.74, 6) is 3.13. The van der Waals surface area contributed by atoms with Gasteiger partial charge in [0, 0.05) is 18.2 Å². The summed E-state index contributed by atoms with van der Waals surface area (Å²) >= 11 is 0. The molecule has 0 aromatic heterocycles. The molecule has 0 spiro atoms. The number of hydrogen-bond acceptors (Lipinski definition) is 3. The van der Waals surface area contributed by atoms with Crippen LogP contribution in [0.2, 0.25) is 0 Å². The van der Waals surface area contributed by atoms with E-state index in [4.69, 9.17) is 4.74 Å². The van der Waals surface area contributed by atoms with E-state index in [1.807, 2.05) is 0 Å². The third kappa shape index (κ3) is 2.99. The molecule has 2 unspecified atom stereocenters. The van der Waals surface area contributed by atoms with E-state index in [0.29, 0.717) is 23.3 Å². The van der Waals surface area contributed by atoms with Crippen molar-refractivity contribution in [2.75, 3.05) is 13.2 Å². The molecule has 4 bridgehead atoms. The van der Waals surface area contributed by atoms with Gasteiger partial charge >= 0.3 is 0 Å². The van der Waals surface area contributed by atoms with Crippen molar-refractivity contribution >= 4 is 12.2 Å². The first-order valence-electron chi connectivity index (χ1n) is 8.68. The Balaban J connectivity index is 1.39. The van der Waals surface area contributed by atoms with Crippen molar-refractivity contribution < 1.29 is 14.3 Å². The van der Waals surface area contributed by atoms with Crippen molar-refractivity contribution in [3.63, 3.8) is 0 Å². The molecule has 4 nitrogen and oxygen atoms in total. The van der Waals surface area contributed by atoms with Gasteiger partial charge in [-0.05, 0) is 74.1 Å². The molecule has 2 heterocycles. The predicted molar refractivity (Wildman–Crippen MR) is 86.4 cm³/mol. The van der Waals surface area contributed by atoms with Crippen LogP contribution in [0, 0.1) is 17.8 Å². The van der Waals surface area contributed by atoms with Gasteiger partial charge in [-0.2, -0.15) is 0 Å². The smallest absolute Gasteiger partial charge is 0.260 e. The highest BCUT2D eigenvalue weighted by atomic mass is 16.5. The Morgan fingerprint density at radius 3 is 2.35 bits per heavy atom. The van der Waals surface area contributed by atoms with Gasteiger partial charge in [0.25, 0.3) is 5.91 Å². The number of fused-ring (bicyclic) bond motifs is 1. The summed E-state index contributed by atoms with van der Waals surface area (Å²) in [6, 6.07) is 7.33. The lowest BCUT2D eigenvalue weighted by atomic mass is 9.68. The lowest BCUT2D eigenvalue weighted by Crippen LogP contribution is -2.44. The Morgan fingerprint density at radius 1 is 1.04 bits per heavy atom. The molecule has 2 aliphatic heterocycles. The van der Waals surface area contributed by atoms with Crippen molar-refractivity contribution in [2.24, 2.45) is 17.8 Å². The van der Waals surface area contributed by atoms with Crippen LogP contribution in [0.5, 0.6) is 5.75 Å². The Bertz CT molecular complexity index is 583. The van der Waals surface area contributed by atoms with E-state index in [9.17, 15) is 9.59 Å². The Kier molecular flexibility index (Phi) is 3.83. The monoisotopic (exact) mass is 313 g/mol. The summed E-state index contributed by atoms with van der Waals surface area (Å²) in [7, 11) is 0. The molecule has 1 aromatic carbocycles. The van der Waals surface area contributed by atoms with E-state index in [1.54, 1.807) is 24.3 Å². The maximum Gasteiger partial charge on any atom is 0.260 e. The molecule has 23 heavy (non-hydrogen) atoms. The minimum absolute atomic E-state index is 0.0962. The zero-order valence-electron chi connectivity index (χ0n) is 13.3. The van der Waals surface area contributed by atoms with Gasteiger partial charge in [-0.25, -0.2) is 0 Å². The Hall–Kier alpha value is -1.84. The SMILES string of the molecule is O=Cc1ccc(OCC(=O)N2CC3CC4CC(C3)CC2C4)cc1. The summed E-state index contributed by atoms with van der Waals surface area (Å²) in [4.78, 5) is 25.4. The summed E-state index contributed by atoms with van der Waals surface area (Å²) in [5, 5.41) is 0. The number of carbonyl (C=O) groups excluding carboxylic acids is 2. The van der Waals surface area contributed by atoms with Crippen LogP contribution < -0.4 is 4.74 Å². The fourth-order valence-corrected chi connectivity index (χ4v) is 4.96. The van der Waals surface area contributed by atoms with Crippen LogP contribution in [0.1, 0.15) is 42.5 Å². The second-order valence-corrected chi connectivity index (χ2v) is 7.45. The Labute approximate surface area is 136 Å². The highest BCUT2D eigenvalue weighted by Gasteiger charge is 2.43. The van der Waals surface area contributed by atoms with Gasteiger partial charge < -0.3 is 9.64 Å². The molecule has 0 radical (unpaired) electrons. The average Bonchev–Trinajstić information content (AvgIpc) is 2.76. The van der Waals surface area contributed by atoms with Gasteiger partial charge in [0.05, 0.1) is 0 Å². The number of benzene rings is 1. The number of aldehydes is 1. The third-order valence-electron chi connectivity index (χ3n) is 5.81. The third-order valence-corrected chi connectivity index (χ3v) is 5.81. The van der Waals surface area contributed by atoms with E-state index >= 15 is 0 Å². The molecule has 5 rings (SSSR count). The number of rotatable bonds is 4. The van der Waals surface area contributed by atoms with Crippen LogP contribution in [0.3, 0.4) is 0 Å². The van der Waals surface area contributed by atoms with Gasteiger partial charge in [-0.3, -0.25) is 9.59 Å². The lowest BCUT2D eigenvalue weighted by Gasteiger charge is -2.38. The van der Waals surface area contributed by atoms with Crippen LogP contribution >= 0.6 is 0 Å². The standard InChI is InChI=1S/C19H23NO3/c21-11-13-1-3-18(4-2-13)23-12-19(22)20-10-16-6-14-5-15(7-16)9-17(20)8-14/h1-4,11,14-17H,5-10,12H2. The highest BCUT2D eigenvalue weighted by Crippen LogP contribution is 2.47. The molecule has 2 saturated carbocycles.